The van der Waals surface area contributed by atoms with Crippen molar-refractivity contribution in [2.45, 2.75) is 51.9 Å². The molecule has 1 aromatic carbocycles. The van der Waals surface area contributed by atoms with Crippen LogP contribution in [0.4, 0.5) is 0 Å². The number of hydrogen-bond acceptors (Lipinski definition) is 0. The molecule has 0 aromatic heterocycles. The van der Waals surface area contributed by atoms with Crippen molar-refractivity contribution in [3.05, 3.63) is 33.3 Å². The summed E-state index contributed by atoms with van der Waals surface area (Å²) >= 11 is 3.64. The highest BCUT2D eigenvalue weighted by atomic mass is 79.9. The monoisotopic (exact) mass is 266 g/mol. The van der Waals surface area contributed by atoms with Crippen LogP contribution in [-0.2, 0) is 10.8 Å². The van der Waals surface area contributed by atoms with Gasteiger partial charge in [0, 0.05) is 4.47 Å². The predicted molar refractivity (Wildman–Crippen MR) is 69.5 cm³/mol. The largest absolute Gasteiger partial charge is 0.0558 e. The van der Waals surface area contributed by atoms with Crippen LogP contribution in [0.3, 0.4) is 0 Å². The highest BCUT2D eigenvalue weighted by molar-refractivity contribution is 9.10. The fraction of sp³-hybridized carbons (Fsp3) is 0.571. The van der Waals surface area contributed by atoms with Crippen molar-refractivity contribution >= 4 is 15.9 Å². The second kappa shape index (κ2) is 3.10. The molecular weight excluding hydrogens is 248 g/mol. The minimum Gasteiger partial charge on any atom is -0.0558 e. The molecule has 2 rings (SSSR count). The third kappa shape index (κ3) is 1.65. The molecule has 0 aliphatic heterocycles. The molecule has 15 heavy (non-hydrogen) atoms. The van der Waals surface area contributed by atoms with Gasteiger partial charge in [0.05, 0.1) is 0 Å². The van der Waals surface area contributed by atoms with Crippen LogP contribution in [0.5, 0.6) is 0 Å². The van der Waals surface area contributed by atoms with Crippen LogP contribution in [0.1, 0.15) is 50.8 Å². The molecule has 82 valence electrons. The lowest BCUT2D eigenvalue weighted by atomic mass is 9.82. The van der Waals surface area contributed by atoms with Gasteiger partial charge in [-0.05, 0) is 46.9 Å². The van der Waals surface area contributed by atoms with Gasteiger partial charge in [-0.25, -0.2) is 0 Å². The van der Waals surface area contributed by atoms with Gasteiger partial charge >= 0.3 is 0 Å². The topological polar surface area (TPSA) is 0 Å². The molecule has 0 amide bonds. The smallest absolute Gasteiger partial charge is 0.0207 e. The van der Waals surface area contributed by atoms with Crippen LogP contribution in [0, 0.1) is 6.92 Å². The zero-order chi connectivity index (χ0) is 11.4. The molecule has 0 saturated heterocycles. The first-order valence-electron chi connectivity index (χ1n) is 5.55. The Bertz CT molecular complexity index is 375. The molecule has 1 aliphatic rings. The Labute approximate surface area is 101 Å². The SMILES string of the molecule is Cc1cc2c(cc1Br)C(C)(C)CC2(C)C. The van der Waals surface area contributed by atoms with Gasteiger partial charge in [0.25, 0.3) is 0 Å². The molecule has 1 heteroatoms. The average molecular weight is 267 g/mol. The van der Waals surface area contributed by atoms with Crippen molar-refractivity contribution in [1.29, 1.82) is 0 Å². The highest BCUT2D eigenvalue weighted by Crippen LogP contribution is 2.50. The van der Waals surface area contributed by atoms with E-state index < -0.39 is 0 Å². The maximum atomic E-state index is 3.64. The Morgan fingerprint density at radius 1 is 1.00 bits per heavy atom. The van der Waals surface area contributed by atoms with Gasteiger partial charge in [-0.1, -0.05) is 49.7 Å². The summed E-state index contributed by atoms with van der Waals surface area (Å²) in [6.07, 6.45) is 1.24. The third-order valence-corrected chi connectivity index (χ3v) is 4.50. The molecule has 1 aromatic rings. The summed E-state index contributed by atoms with van der Waals surface area (Å²) < 4.78 is 1.24. The van der Waals surface area contributed by atoms with Gasteiger partial charge in [0.15, 0.2) is 0 Å². The summed E-state index contributed by atoms with van der Waals surface area (Å²) in [6.45, 7) is 11.6. The molecule has 0 radical (unpaired) electrons. The zero-order valence-electron chi connectivity index (χ0n) is 10.2. The molecular formula is C14H19Br. The van der Waals surface area contributed by atoms with Crippen LogP contribution in [0.15, 0.2) is 16.6 Å². The van der Waals surface area contributed by atoms with Gasteiger partial charge in [-0.2, -0.15) is 0 Å². The van der Waals surface area contributed by atoms with Crippen molar-refractivity contribution in [1.82, 2.24) is 0 Å². The van der Waals surface area contributed by atoms with Crippen molar-refractivity contribution in [3.63, 3.8) is 0 Å². The molecule has 0 unspecified atom stereocenters. The van der Waals surface area contributed by atoms with Gasteiger partial charge in [0.1, 0.15) is 0 Å². The second-order valence-corrected chi connectivity index (χ2v) is 6.95. The zero-order valence-corrected chi connectivity index (χ0v) is 11.8. The third-order valence-electron chi connectivity index (χ3n) is 3.64. The van der Waals surface area contributed by atoms with Gasteiger partial charge < -0.3 is 0 Å². The Hall–Kier alpha value is -0.300. The molecule has 0 heterocycles. The number of rotatable bonds is 0. The van der Waals surface area contributed by atoms with E-state index in [0.29, 0.717) is 10.8 Å². The van der Waals surface area contributed by atoms with E-state index >= 15 is 0 Å². The van der Waals surface area contributed by atoms with E-state index in [4.69, 9.17) is 0 Å². The fourth-order valence-electron chi connectivity index (χ4n) is 3.10. The van der Waals surface area contributed by atoms with Crippen molar-refractivity contribution in [3.8, 4) is 0 Å². The summed E-state index contributed by atoms with van der Waals surface area (Å²) in [7, 11) is 0. The first-order chi connectivity index (χ1) is 6.74. The Kier molecular flexibility index (Phi) is 2.31. The van der Waals surface area contributed by atoms with E-state index in [-0.39, 0.29) is 0 Å². The first-order valence-corrected chi connectivity index (χ1v) is 6.34. The number of halogens is 1. The van der Waals surface area contributed by atoms with Crippen LogP contribution in [0.25, 0.3) is 0 Å². The first kappa shape index (κ1) is 11.2. The van der Waals surface area contributed by atoms with Crippen LogP contribution >= 0.6 is 15.9 Å². The van der Waals surface area contributed by atoms with E-state index in [1.807, 2.05) is 0 Å². The van der Waals surface area contributed by atoms with E-state index in [0.717, 1.165) is 0 Å². The maximum Gasteiger partial charge on any atom is 0.0207 e. The second-order valence-electron chi connectivity index (χ2n) is 6.09. The molecule has 0 fully saturated rings. The van der Waals surface area contributed by atoms with Gasteiger partial charge in [0.2, 0.25) is 0 Å². The number of aryl methyl sites for hydroxylation is 1. The Balaban J connectivity index is 2.71. The van der Waals surface area contributed by atoms with E-state index in [1.165, 1.54) is 27.6 Å². The number of benzene rings is 1. The van der Waals surface area contributed by atoms with E-state index in [1.54, 1.807) is 0 Å². The van der Waals surface area contributed by atoms with Crippen LogP contribution < -0.4 is 0 Å². The summed E-state index contributed by atoms with van der Waals surface area (Å²) in [5, 5.41) is 0. The normalized spacial score (nSPS) is 21.5. The van der Waals surface area contributed by atoms with E-state index in [9.17, 15) is 0 Å². The lowest BCUT2D eigenvalue weighted by Crippen LogP contribution is -2.17. The maximum absolute atomic E-state index is 3.64. The quantitative estimate of drug-likeness (QED) is 0.638. The van der Waals surface area contributed by atoms with Crippen molar-refractivity contribution < 1.29 is 0 Å². The molecule has 0 nitrogen and oxygen atoms in total. The van der Waals surface area contributed by atoms with Crippen LogP contribution in [-0.4, -0.2) is 0 Å². The minimum atomic E-state index is 0.315. The summed E-state index contributed by atoms with van der Waals surface area (Å²) in [5.41, 5.74) is 5.04. The molecule has 1 aliphatic carbocycles. The Morgan fingerprint density at radius 3 is 2.00 bits per heavy atom. The lowest BCUT2D eigenvalue weighted by molar-refractivity contribution is 0.403. The van der Waals surface area contributed by atoms with Gasteiger partial charge in [-0.15, -0.1) is 0 Å². The summed E-state index contributed by atoms with van der Waals surface area (Å²) in [4.78, 5) is 0. The molecule has 0 bridgehead atoms. The molecule has 0 spiro atoms. The minimum absolute atomic E-state index is 0.315. The predicted octanol–water partition coefficient (Wildman–Crippen LogP) is 4.72. The molecule has 0 N–H and O–H groups in total. The fourth-order valence-corrected chi connectivity index (χ4v) is 3.44. The lowest BCUT2D eigenvalue weighted by Gasteiger charge is -2.22. The number of fused-ring (bicyclic) bond motifs is 1. The highest BCUT2D eigenvalue weighted by Gasteiger charge is 2.41. The van der Waals surface area contributed by atoms with Gasteiger partial charge in [-0.3, -0.25) is 0 Å². The van der Waals surface area contributed by atoms with Crippen molar-refractivity contribution in [2.24, 2.45) is 0 Å². The standard InChI is InChI=1S/C14H19Br/c1-9-6-10-11(7-12(9)15)14(4,5)8-13(10,2)3/h6-7H,8H2,1-5H3. The summed E-state index contributed by atoms with van der Waals surface area (Å²) in [6, 6.07) is 4.67. The van der Waals surface area contributed by atoms with Crippen molar-refractivity contribution in [2.75, 3.05) is 0 Å². The Morgan fingerprint density at radius 2 is 1.47 bits per heavy atom. The average Bonchev–Trinajstić information content (AvgIpc) is 2.21. The number of hydrogen-bond donors (Lipinski definition) is 0. The molecule has 0 atom stereocenters. The van der Waals surface area contributed by atoms with Crippen LogP contribution in [0.2, 0.25) is 0 Å². The van der Waals surface area contributed by atoms with E-state index in [2.05, 4.69) is 62.7 Å². The molecule has 0 saturated carbocycles. The summed E-state index contributed by atoms with van der Waals surface area (Å²) in [5.74, 6) is 0.